The molecule has 0 bridgehead atoms. The van der Waals surface area contributed by atoms with E-state index in [1.807, 2.05) is 0 Å². The van der Waals surface area contributed by atoms with Crippen molar-refractivity contribution in [1.29, 1.82) is 0 Å². The average molecular weight is 1080 g/mol. The topological polar surface area (TPSA) is 78.9 Å². The van der Waals surface area contributed by atoms with E-state index in [1.165, 1.54) is 89.9 Å². The van der Waals surface area contributed by atoms with Gasteiger partial charge in [0.2, 0.25) is 0 Å². The van der Waals surface area contributed by atoms with Crippen LogP contribution in [-0.4, -0.2) is 37.2 Å². The maximum Gasteiger partial charge on any atom is 0.306 e. The normalized spacial score (nSPS) is 13.1. The van der Waals surface area contributed by atoms with Crippen LogP contribution in [0.25, 0.3) is 0 Å². The van der Waals surface area contributed by atoms with Gasteiger partial charge in [0.1, 0.15) is 13.2 Å². The Bertz CT molecular complexity index is 1710. The Hall–Kier alpha value is -4.71. The van der Waals surface area contributed by atoms with Crippen LogP contribution in [0.15, 0.2) is 146 Å². The van der Waals surface area contributed by atoms with E-state index in [1.54, 1.807) is 0 Å². The number of hydrogen-bond donors (Lipinski definition) is 0. The molecule has 0 spiro atoms. The van der Waals surface area contributed by atoms with Crippen LogP contribution in [0.1, 0.15) is 271 Å². The zero-order valence-electron chi connectivity index (χ0n) is 50.4. The van der Waals surface area contributed by atoms with Crippen molar-refractivity contribution < 1.29 is 28.6 Å². The summed E-state index contributed by atoms with van der Waals surface area (Å²) < 4.78 is 16.9. The van der Waals surface area contributed by atoms with Gasteiger partial charge in [-0.3, -0.25) is 14.4 Å². The first-order valence-electron chi connectivity index (χ1n) is 31.8. The predicted octanol–water partition coefficient (Wildman–Crippen LogP) is 21.9. The molecule has 440 valence electrons. The first-order chi connectivity index (χ1) is 38.5. The summed E-state index contributed by atoms with van der Waals surface area (Å²) in [7, 11) is 0. The van der Waals surface area contributed by atoms with Gasteiger partial charge in [0.05, 0.1) is 0 Å². The van der Waals surface area contributed by atoms with Crippen LogP contribution in [0, 0.1) is 0 Å². The summed E-state index contributed by atoms with van der Waals surface area (Å²) in [5.41, 5.74) is 0. The summed E-state index contributed by atoms with van der Waals surface area (Å²) in [6, 6.07) is 0. The summed E-state index contributed by atoms with van der Waals surface area (Å²) >= 11 is 0. The lowest BCUT2D eigenvalue weighted by Crippen LogP contribution is -2.30. The first-order valence-corrected chi connectivity index (χ1v) is 31.8. The second-order valence-electron chi connectivity index (χ2n) is 20.5. The molecule has 6 nitrogen and oxygen atoms in total. The van der Waals surface area contributed by atoms with Gasteiger partial charge in [-0.15, -0.1) is 0 Å². The molecule has 0 aromatic heterocycles. The van der Waals surface area contributed by atoms with Crippen molar-refractivity contribution in [1.82, 2.24) is 0 Å². The second kappa shape index (κ2) is 64.8. The lowest BCUT2D eigenvalue weighted by Gasteiger charge is -2.18. The third kappa shape index (κ3) is 62.1. The molecule has 0 fully saturated rings. The Morgan fingerprint density at radius 2 is 0.500 bits per heavy atom. The van der Waals surface area contributed by atoms with Crippen molar-refractivity contribution in [3.05, 3.63) is 146 Å². The molecule has 0 heterocycles. The maximum atomic E-state index is 12.9. The molecule has 0 saturated carbocycles. The minimum Gasteiger partial charge on any atom is -0.462 e. The van der Waals surface area contributed by atoms with E-state index < -0.39 is 6.10 Å². The van der Waals surface area contributed by atoms with Gasteiger partial charge in [0.25, 0.3) is 0 Å². The number of allylic oxidation sites excluding steroid dienone is 24. The first kappa shape index (κ1) is 73.3. The number of rotatable bonds is 56. The Kier molecular flexibility index (Phi) is 60.9. The van der Waals surface area contributed by atoms with E-state index in [4.69, 9.17) is 14.2 Å². The molecule has 0 aliphatic carbocycles. The Morgan fingerprint density at radius 1 is 0.269 bits per heavy atom. The molecule has 0 aromatic carbocycles. The minimum absolute atomic E-state index is 0.105. The van der Waals surface area contributed by atoms with Gasteiger partial charge in [-0.1, -0.05) is 256 Å². The van der Waals surface area contributed by atoms with Crippen LogP contribution in [0.4, 0.5) is 0 Å². The standard InChI is InChI=1S/C72H116O6/c1-4-7-10-13-16-19-22-25-28-31-34-36-38-41-44-47-50-53-56-59-62-65-71(74)77-68-69(67-76-70(73)64-61-58-55-52-49-46-43-40-33-30-27-24-21-18-15-12-9-6-3)78-72(75)66-63-60-57-54-51-48-45-42-39-37-35-32-29-26-23-20-17-14-11-8-5-2/h7-8,10-11,16-17,19-21,24-26,28-30,33-37,41,44,50,53,69H,4-6,9,12-15,18,22-23,27,31-32,38-40,42-43,45-49,51-52,54-68H2,1-3H3/b10-7-,11-8-,19-16-,20-17-,24-21-,28-25-,29-26-,33-30-,36-34-,37-35-,44-41-,53-50-. The highest BCUT2D eigenvalue weighted by Gasteiger charge is 2.19. The Balaban J connectivity index is 4.52. The van der Waals surface area contributed by atoms with Crippen LogP contribution >= 0.6 is 0 Å². The van der Waals surface area contributed by atoms with Gasteiger partial charge in [0, 0.05) is 19.3 Å². The van der Waals surface area contributed by atoms with E-state index in [2.05, 4.69) is 167 Å². The van der Waals surface area contributed by atoms with Crippen LogP contribution in [-0.2, 0) is 28.6 Å². The highest BCUT2D eigenvalue weighted by atomic mass is 16.6. The lowest BCUT2D eigenvalue weighted by atomic mass is 10.1. The van der Waals surface area contributed by atoms with Crippen LogP contribution in [0.2, 0.25) is 0 Å². The van der Waals surface area contributed by atoms with Gasteiger partial charge < -0.3 is 14.2 Å². The third-order valence-corrected chi connectivity index (χ3v) is 13.1. The van der Waals surface area contributed by atoms with Crippen LogP contribution in [0.5, 0.6) is 0 Å². The molecule has 0 rings (SSSR count). The monoisotopic (exact) mass is 1080 g/mol. The lowest BCUT2D eigenvalue weighted by molar-refractivity contribution is -0.167. The molecule has 6 heteroatoms. The SMILES string of the molecule is CC/C=C\C/C=C\C/C=C\C/C=C\C/C=C\C/C=C\CCCCC(=O)OCC(COC(=O)CCCCCCCCC/C=C\C/C=C\CCCCCC)OC(=O)CCCCCCCCCC/C=C\C/C=C\C/C=C\C/C=C\CC. The number of carbonyl (C=O) groups excluding carboxylic acids is 3. The summed E-state index contributed by atoms with van der Waals surface area (Å²) in [6.45, 7) is 6.35. The van der Waals surface area contributed by atoms with Gasteiger partial charge >= 0.3 is 17.9 Å². The van der Waals surface area contributed by atoms with Crippen molar-refractivity contribution in [3.8, 4) is 0 Å². The third-order valence-electron chi connectivity index (χ3n) is 13.1. The van der Waals surface area contributed by atoms with Crippen molar-refractivity contribution in [2.75, 3.05) is 13.2 Å². The maximum absolute atomic E-state index is 12.9. The number of ether oxygens (including phenoxy) is 3. The molecule has 0 aliphatic rings. The number of carbonyl (C=O) groups is 3. The van der Waals surface area contributed by atoms with Gasteiger partial charge in [-0.25, -0.2) is 0 Å². The summed E-state index contributed by atoms with van der Waals surface area (Å²) in [5.74, 6) is -0.965. The average Bonchev–Trinajstić information content (AvgIpc) is 3.44. The van der Waals surface area contributed by atoms with E-state index in [0.717, 1.165) is 135 Å². The summed E-state index contributed by atoms with van der Waals surface area (Å²) in [5, 5.41) is 0. The molecule has 0 N–H and O–H groups in total. The molecular weight excluding hydrogens is 961 g/mol. The van der Waals surface area contributed by atoms with E-state index in [9.17, 15) is 14.4 Å². The summed E-state index contributed by atoms with van der Waals surface area (Å²) in [6.07, 6.45) is 92.7. The molecule has 0 aliphatic heterocycles. The Labute approximate surface area is 480 Å². The molecule has 78 heavy (non-hydrogen) atoms. The van der Waals surface area contributed by atoms with Crippen molar-refractivity contribution in [3.63, 3.8) is 0 Å². The summed E-state index contributed by atoms with van der Waals surface area (Å²) in [4.78, 5) is 38.4. The molecule has 1 atom stereocenters. The fourth-order valence-electron chi connectivity index (χ4n) is 8.35. The zero-order valence-corrected chi connectivity index (χ0v) is 50.4. The van der Waals surface area contributed by atoms with Gasteiger partial charge in [-0.05, 0) is 141 Å². The zero-order chi connectivity index (χ0) is 56.4. The highest BCUT2D eigenvalue weighted by Crippen LogP contribution is 2.14. The Morgan fingerprint density at radius 3 is 0.808 bits per heavy atom. The smallest absolute Gasteiger partial charge is 0.306 e. The molecule has 0 aromatic rings. The van der Waals surface area contributed by atoms with Gasteiger partial charge in [-0.2, -0.15) is 0 Å². The molecular formula is C72H116O6. The van der Waals surface area contributed by atoms with Crippen molar-refractivity contribution in [2.24, 2.45) is 0 Å². The minimum atomic E-state index is -0.812. The largest absolute Gasteiger partial charge is 0.462 e. The number of hydrogen-bond acceptors (Lipinski definition) is 6. The molecule has 0 saturated heterocycles. The number of unbranched alkanes of at least 4 members (excludes halogenated alkanes) is 21. The van der Waals surface area contributed by atoms with Crippen LogP contribution < -0.4 is 0 Å². The number of esters is 3. The molecule has 0 radical (unpaired) electrons. The van der Waals surface area contributed by atoms with Crippen molar-refractivity contribution >= 4 is 17.9 Å². The van der Waals surface area contributed by atoms with E-state index >= 15 is 0 Å². The van der Waals surface area contributed by atoms with Crippen molar-refractivity contribution in [2.45, 2.75) is 277 Å². The van der Waals surface area contributed by atoms with Gasteiger partial charge in [0.15, 0.2) is 6.10 Å². The van der Waals surface area contributed by atoms with E-state index in [-0.39, 0.29) is 31.1 Å². The fourth-order valence-corrected chi connectivity index (χ4v) is 8.35. The second-order valence-corrected chi connectivity index (χ2v) is 20.5. The predicted molar refractivity (Wildman–Crippen MR) is 339 cm³/mol. The highest BCUT2D eigenvalue weighted by molar-refractivity contribution is 5.71. The molecule has 0 amide bonds. The van der Waals surface area contributed by atoms with E-state index in [0.29, 0.717) is 25.7 Å². The quantitative estimate of drug-likeness (QED) is 0.0261. The fraction of sp³-hybridized carbons (Fsp3) is 0.625. The molecule has 1 unspecified atom stereocenters. The van der Waals surface area contributed by atoms with Crippen LogP contribution in [0.3, 0.4) is 0 Å².